The predicted octanol–water partition coefficient (Wildman–Crippen LogP) is 3.16. The molecule has 2 saturated heterocycles. The second-order valence-electron chi connectivity index (χ2n) is 6.25. The molecule has 3 rings (SSSR count). The van der Waals surface area contributed by atoms with Crippen molar-refractivity contribution >= 4 is 0 Å². The van der Waals surface area contributed by atoms with Gasteiger partial charge in [0.25, 0.3) is 0 Å². The predicted molar refractivity (Wildman–Crippen MR) is 81.4 cm³/mol. The zero-order chi connectivity index (χ0) is 13.6. The first-order valence-electron chi connectivity index (χ1n) is 8.42. The average Bonchev–Trinajstić information content (AvgIpc) is 2.71. The third kappa shape index (κ3) is 3.41. The van der Waals surface area contributed by atoms with Crippen LogP contribution >= 0.6 is 0 Å². The molecule has 2 aliphatic heterocycles. The molecule has 4 heteroatoms. The summed E-state index contributed by atoms with van der Waals surface area (Å²) in [6.07, 6.45) is 15.2. The van der Waals surface area contributed by atoms with Crippen LogP contribution in [-0.4, -0.2) is 45.9 Å². The van der Waals surface area contributed by atoms with Gasteiger partial charge in [0.2, 0.25) is 0 Å². The maximum absolute atomic E-state index is 4.59. The zero-order valence-electron chi connectivity index (χ0n) is 12.6. The number of hydrogen-bond acceptors (Lipinski definition) is 3. The summed E-state index contributed by atoms with van der Waals surface area (Å²) in [5.41, 5.74) is 0. The lowest BCUT2D eigenvalue weighted by atomic mass is 10.2. The first kappa shape index (κ1) is 14.1. The van der Waals surface area contributed by atoms with E-state index in [0.717, 1.165) is 5.82 Å². The Balaban J connectivity index is 1.78. The summed E-state index contributed by atoms with van der Waals surface area (Å²) in [5.74, 6) is 1.15. The van der Waals surface area contributed by atoms with Crippen molar-refractivity contribution in [2.75, 3.05) is 26.2 Å². The number of nitrogens with zero attached hydrogens (tertiary/aromatic N) is 3. The van der Waals surface area contributed by atoms with Crippen LogP contribution in [0.25, 0.3) is 0 Å². The third-order valence-corrected chi connectivity index (χ3v) is 4.74. The van der Waals surface area contributed by atoms with Gasteiger partial charge >= 0.3 is 0 Å². The first-order chi connectivity index (χ1) is 9.95. The summed E-state index contributed by atoms with van der Waals surface area (Å²) in [5, 5.41) is 0. The van der Waals surface area contributed by atoms with E-state index in [1.165, 1.54) is 77.5 Å². The van der Waals surface area contributed by atoms with E-state index < -0.39 is 0 Å². The van der Waals surface area contributed by atoms with Gasteiger partial charge in [-0.25, -0.2) is 4.98 Å². The number of H-pyrrole nitrogens is 1. The molecule has 0 aliphatic carbocycles. The molecule has 4 nitrogen and oxygen atoms in total. The van der Waals surface area contributed by atoms with Crippen molar-refractivity contribution in [1.29, 1.82) is 0 Å². The minimum Gasteiger partial charge on any atom is -0.346 e. The van der Waals surface area contributed by atoms with E-state index in [1.807, 2.05) is 12.4 Å². The molecule has 0 saturated carbocycles. The maximum atomic E-state index is 4.59. The monoisotopic (exact) mass is 276 g/mol. The Morgan fingerprint density at radius 1 is 0.800 bits per heavy atom. The lowest BCUT2D eigenvalue weighted by Gasteiger charge is -2.37. The van der Waals surface area contributed by atoms with Crippen molar-refractivity contribution in [2.24, 2.45) is 0 Å². The van der Waals surface area contributed by atoms with Gasteiger partial charge in [-0.3, -0.25) is 9.80 Å². The summed E-state index contributed by atoms with van der Waals surface area (Å²) in [4.78, 5) is 13.3. The molecule has 0 atom stereocenters. The van der Waals surface area contributed by atoms with Crippen molar-refractivity contribution in [3.05, 3.63) is 18.2 Å². The Morgan fingerprint density at radius 3 is 1.70 bits per heavy atom. The summed E-state index contributed by atoms with van der Waals surface area (Å²) in [6, 6.07) is 0. The van der Waals surface area contributed by atoms with Gasteiger partial charge in [0.1, 0.15) is 12.0 Å². The first-order valence-corrected chi connectivity index (χ1v) is 8.42. The number of aromatic amines is 1. The third-order valence-electron chi connectivity index (χ3n) is 4.74. The standard InChI is InChI=1S/C16H28N4/c1-2-6-12-19(11-5-1)16(15-17-9-10-18-15)20-13-7-3-4-8-14-20/h9-10,16H,1-8,11-14H2,(H,17,18). The van der Waals surface area contributed by atoms with Crippen LogP contribution in [0.2, 0.25) is 0 Å². The Kier molecular flexibility index (Phi) is 5.09. The van der Waals surface area contributed by atoms with Gasteiger partial charge in [-0.05, 0) is 25.7 Å². The highest BCUT2D eigenvalue weighted by molar-refractivity contribution is 4.97. The van der Waals surface area contributed by atoms with E-state index in [0.29, 0.717) is 6.17 Å². The molecule has 1 aromatic rings. The highest BCUT2D eigenvalue weighted by atomic mass is 15.4. The van der Waals surface area contributed by atoms with Crippen molar-refractivity contribution < 1.29 is 0 Å². The molecule has 2 fully saturated rings. The van der Waals surface area contributed by atoms with Crippen molar-refractivity contribution in [3.63, 3.8) is 0 Å². The van der Waals surface area contributed by atoms with Crippen LogP contribution in [0.3, 0.4) is 0 Å². The van der Waals surface area contributed by atoms with Crippen LogP contribution in [0.4, 0.5) is 0 Å². The van der Waals surface area contributed by atoms with Gasteiger partial charge in [0.05, 0.1) is 0 Å². The molecule has 0 unspecified atom stereocenters. The summed E-state index contributed by atoms with van der Waals surface area (Å²) < 4.78 is 0. The van der Waals surface area contributed by atoms with Gasteiger partial charge in [0.15, 0.2) is 0 Å². The zero-order valence-corrected chi connectivity index (χ0v) is 12.6. The lowest BCUT2D eigenvalue weighted by molar-refractivity contribution is 0.0392. The molecule has 0 aromatic carbocycles. The van der Waals surface area contributed by atoms with E-state index in [9.17, 15) is 0 Å². The van der Waals surface area contributed by atoms with Crippen LogP contribution < -0.4 is 0 Å². The minimum atomic E-state index is 0.376. The van der Waals surface area contributed by atoms with Gasteiger partial charge in [0, 0.05) is 38.6 Å². The molecule has 2 aliphatic rings. The smallest absolute Gasteiger partial charge is 0.138 e. The highest BCUT2D eigenvalue weighted by Gasteiger charge is 2.29. The fourth-order valence-electron chi connectivity index (χ4n) is 3.67. The number of rotatable bonds is 3. The number of aromatic nitrogens is 2. The molecular weight excluding hydrogens is 248 g/mol. The fraction of sp³-hybridized carbons (Fsp3) is 0.812. The lowest BCUT2D eigenvalue weighted by Crippen LogP contribution is -2.43. The molecule has 0 bridgehead atoms. The van der Waals surface area contributed by atoms with Gasteiger partial charge < -0.3 is 4.98 Å². The van der Waals surface area contributed by atoms with E-state index >= 15 is 0 Å². The van der Waals surface area contributed by atoms with Crippen LogP contribution in [0.5, 0.6) is 0 Å². The Morgan fingerprint density at radius 2 is 1.30 bits per heavy atom. The molecule has 3 heterocycles. The number of hydrogen-bond donors (Lipinski definition) is 1. The Labute approximate surface area is 122 Å². The maximum Gasteiger partial charge on any atom is 0.138 e. The van der Waals surface area contributed by atoms with Crippen molar-refractivity contribution in [2.45, 2.75) is 57.5 Å². The largest absolute Gasteiger partial charge is 0.346 e. The summed E-state index contributed by atoms with van der Waals surface area (Å²) in [7, 11) is 0. The van der Waals surface area contributed by atoms with E-state index in [2.05, 4.69) is 19.8 Å². The molecular formula is C16H28N4. The number of likely N-dealkylation sites (tertiary alicyclic amines) is 2. The summed E-state index contributed by atoms with van der Waals surface area (Å²) in [6.45, 7) is 4.90. The van der Waals surface area contributed by atoms with Crippen LogP contribution in [0.1, 0.15) is 63.4 Å². The number of imidazole rings is 1. The van der Waals surface area contributed by atoms with E-state index in [1.54, 1.807) is 0 Å². The fourth-order valence-corrected chi connectivity index (χ4v) is 3.67. The normalized spacial score (nSPS) is 23.6. The average molecular weight is 276 g/mol. The molecule has 0 spiro atoms. The number of nitrogens with one attached hydrogen (secondary N) is 1. The van der Waals surface area contributed by atoms with Crippen LogP contribution in [-0.2, 0) is 0 Å². The van der Waals surface area contributed by atoms with Crippen LogP contribution in [0.15, 0.2) is 12.4 Å². The van der Waals surface area contributed by atoms with Gasteiger partial charge in [-0.15, -0.1) is 0 Å². The second kappa shape index (κ2) is 7.23. The van der Waals surface area contributed by atoms with E-state index in [-0.39, 0.29) is 0 Å². The van der Waals surface area contributed by atoms with Gasteiger partial charge in [-0.1, -0.05) is 25.7 Å². The van der Waals surface area contributed by atoms with Crippen molar-refractivity contribution in [3.8, 4) is 0 Å². The Hall–Kier alpha value is -0.870. The minimum absolute atomic E-state index is 0.376. The second-order valence-corrected chi connectivity index (χ2v) is 6.25. The quantitative estimate of drug-likeness (QED) is 0.921. The molecule has 112 valence electrons. The molecule has 20 heavy (non-hydrogen) atoms. The molecule has 1 N–H and O–H groups in total. The van der Waals surface area contributed by atoms with Crippen LogP contribution in [0, 0.1) is 0 Å². The molecule has 0 radical (unpaired) electrons. The highest BCUT2D eigenvalue weighted by Crippen LogP contribution is 2.27. The van der Waals surface area contributed by atoms with Gasteiger partial charge in [-0.2, -0.15) is 0 Å². The Bertz CT molecular complexity index is 340. The topological polar surface area (TPSA) is 35.2 Å². The molecule has 1 aromatic heterocycles. The van der Waals surface area contributed by atoms with E-state index in [4.69, 9.17) is 0 Å². The summed E-state index contributed by atoms with van der Waals surface area (Å²) >= 11 is 0. The SMILES string of the molecule is c1c[nH]c(C(N2CCCCCC2)N2CCCCCC2)n1. The van der Waals surface area contributed by atoms with Crippen molar-refractivity contribution in [1.82, 2.24) is 19.8 Å². The molecule has 0 amide bonds.